The Morgan fingerprint density at radius 1 is 1.56 bits per heavy atom. The third-order valence-electron chi connectivity index (χ3n) is 2.80. The zero-order valence-electron chi connectivity index (χ0n) is 9.34. The molecule has 1 aromatic heterocycles. The summed E-state index contributed by atoms with van der Waals surface area (Å²) in [5, 5.41) is 8.74. The highest BCUT2D eigenvalue weighted by molar-refractivity contribution is 5.76. The predicted molar refractivity (Wildman–Crippen MR) is 61.4 cm³/mol. The Bertz CT molecular complexity index is 531. The number of hydrogen-bond acceptors (Lipinski definition) is 2. The molecule has 1 atom stereocenters. The van der Waals surface area contributed by atoms with Crippen LogP contribution < -0.4 is 0 Å². The van der Waals surface area contributed by atoms with Gasteiger partial charge in [0.2, 0.25) is 0 Å². The number of carboxylic acid groups (broad SMARTS) is 1. The van der Waals surface area contributed by atoms with Crippen LogP contribution >= 0.6 is 0 Å². The van der Waals surface area contributed by atoms with Crippen LogP contribution in [-0.2, 0) is 11.8 Å². The van der Waals surface area contributed by atoms with Gasteiger partial charge < -0.3 is 9.67 Å². The van der Waals surface area contributed by atoms with Crippen molar-refractivity contribution >= 4 is 17.0 Å². The molecule has 0 amide bonds. The number of rotatable bonds is 3. The maximum Gasteiger partial charge on any atom is 0.303 e. The maximum absolute atomic E-state index is 10.6. The molecule has 16 heavy (non-hydrogen) atoms. The van der Waals surface area contributed by atoms with E-state index in [1.807, 2.05) is 36.7 Å². The van der Waals surface area contributed by atoms with Gasteiger partial charge in [0.15, 0.2) is 0 Å². The van der Waals surface area contributed by atoms with E-state index in [9.17, 15) is 4.79 Å². The lowest BCUT2D eigenvalue weighted by atomic mass is 9.97. The van der Waals surface area contributed by atoms with Crippen molar-refractivity contribution in [1.82, 2.24) is 9.55 Å². The third-order valence-corrected chi connectivity index (χ3v) is 2.80. The average Bonchev–Trinajstić information content (AvgIpc) is 2.59. The zero-order valence-corrected chi connectivity index (χ0v) is 9.34. The number of aryl methyl sites for hydroxylation is 1. The van der Waals surface area contributed by atoms with Gasteiger partial charge in [-0.3, -0.25) is 4.79 Å². The third kappa shape index (κ3) is 1.91. The molecule has 1 aromatic carbocycles. The van der Waals surface area contributed by atoms with Gasteiger partial charge in [0.25, 0.3) is 0 Å². The molecule has 0 aliphatic rings. The van der Waals surface area contributed by atoms with Gasteiger partial charge in [0.05, 0.1) is 23.8 Å². The molecule has 1 N–H and O–H groups in total. The second-order valence-corrected chi connectivity index (χ2v) is 4.10. The maximum atomic E-state index is 10.6. The van der Waals surface area contributed by atoms with Crippen molar-refractivity contribution in [2.45, 2.75) is 19.3 Å². The summed E-state index contributed by atoms with van der Waals surface area (Å²) in [7, 11) is 1.94. The minimum Gasteiger partial charge on any atom is -0.481 e. The summed E-state index contributed by atoms with van der Waals surface area (Å²) in [6, 6.07) is 5.91. The fraction of sp³-hybridized carbons (Fsp3) is 0.333. The molecule has 2 rings (SSSR count). The number of hydrogen-bond donors (Lipinski definition) is 1. The summed E-state index contributed by atoms with van der Waals surface area (Å²) in [5.74, 6) is -0.752. The van der Waals surface area contributed by atoms with Gasteiger partial charge in [-0.05, 0) is 23.6 Å². The van der Waals surface area contributed by atoms with Gasteiger partial charge in [-0.2, -0.15) is 0 Å². The van der Waals surface area contributed by atoms with E-state index in [0.29, 0.717) is 0 Å². The second-order valence-electron chi connectivity index (χ2n) is 4.10. The van der Waals surface area contributed by atoms with Gasteiger partial charge in [-0.25, -0.2) is 4.98 Å². The highest BCUT2D eigenvalue weighted by Crippen LogP contribution is 2.22. The molecule has 4 heteroatoms. The Kier molecular flexibility index (Phi) is 2.64. The molecule has 0 aliphatic heterocycles. The number of carboxylic acids is 1. The Labute approximate surface area is 93.5 Å². The summed E-state index contributed by atoms with van der Waals surface area (Å²) in [4.78, 5) is 14.9. The van der Waals surface area contributed by atoms with Gasteiger partial charge in [-0.15, -0.1) is 0 Å². The van der Waals surface area contributed by atoms with Crippen LogP contribution in [0.3, 0.4) is 0 Å². The summed E-state index contributed by atoms with van der Waals surface area (Å²) in [5.41, 5.74) is 3.00. The van der Waals surface area contributed by atoms with E-state index in [-0.39, 0.29) is 12.3 Å². The van der Waals surface area contributed by atoms with Crippen LogP contribution in [0.15, 0.2) is 24.5 Å². The van der Waals surface area contributed by atoms with Crippen molar-refractivity contribution in [2.75, 3.05) is 0 Å². The molecule has 0 spiro atoms. The molecule has 2 aromatic rings. The highest BCUT2D eigenvalue weighted by Gasteiger charge is 2.11. The lowest BCUT2D eigenvalue weighted by molar-refractivity contribution is -0.137. The normalized spacial score (nSPS) is 12.9. The fourth-order valence-electron chi connectivity index (χ4n) is 1.84. The molecule has 4 nitrogen and oxygen atoms in total. The monoisotopic (exact) mass is 218 g/mol. The largest absolute Gasteiger partial charge is 0.481 e. The molecule has 84 valence electrons. The molecular weight excluding hydrogens is 204 g/mol. The summed E-state index contributed by atoms with van der Waals surface area (Å²) >= 11 is 0. The van der Waals surface area contributed by atoms with Crippen molar-refractivity contribution in [3.8, 4) is 0 Å². The zero-order chi connectivity index (χ0) is 11.7. The first kappa shape index (κ1) is 10.7. The first-order valence-corrected chi connectivity index (χ1v) is 5.20. The molecule has 0 saturated heterocycles. The number of aromatic nitrogens is 2. The van der Waals surface area contributed by atoms with E-state index in [1.165, 1.54) is 0 Å². The van der Waals surface area contributed by atoms with E-state index in [0.717, 1.165) is 16.6 Å². The SMILES string of the molecule is CC(CC(=O)O)c1ccc2c(c1)ncn2C. The smallest absolute Gasteiger partial charge is 0.303 e. The molecular formula is C12H14N2O2. The fourth-order valence-corrected chi connectivity index (χ4v) is 1.84. The standard InChI is InChI=1S/C12H14N2O2/c1-8(5-12(15)16)9-3-4-11-10(6-9)13-7-14(11)2/h3-4,6-8H,5H2,1-2H3,(H,15,16). The molecule has 0 radical (unpaired) electrons. The Balaban J connectivity index is 2.35. The summed E-state index contributed by atoms with van der Waals surface area (Å²) < 4.78 is 1.95. The molecule has 1 unspecified atom stereocenters. The molecule has 1 heterocycles. The van der Waals surface area contributed by atoms with Crippen LogP contribution in [0.25, 0.3) is 11.0 Å². The lowest BCUT2D eigenvalue weighted by Gasteiger charge is -2.08. The van der Waals surface area contributed by atoms with Gasteiger partial charge in [-0.1, -0.05) is 13.0 Å². The molecule has 0 aliphatic carbocycles. The Hall–Kier alpha value is -1.84. The second kappa shape index (κ2) is 3.96. The van der Waals surface area contributed by atoms with E-state index >= 15 is 0 Å². The number of aliphatic carboxylic acids is 1. The predicted octanol–water partition coefficient (Wildman–Crippen LogP) is 2.15. The summed E-state index contributed by atoms with van der Waals surface area (Å²) in [6.45, 7) is 1.91. The minimum absolute atomic E-state index is 0.0175. The first-order valence-electron chi connectivity index (χ1n) is 5.20. The van der Waals surface area contributed by atoms with E-state index in [4.69, 9.17) is 5.11 Å². The Morgan fingerprint density at radius 3 is 3.00 bits per heavy atom. The molecule has 0 saturated carbocycles. The van der Waals surface area contributed by atoms with Gasteiger partial charge in [0, 0.05) is 7.05 Å². The number of benzene rings is 1. The highest BCUT2D eigenvalue weighted by atomic mass is 16.4. The molecule has 0 bridgehead atoms. The van der Waals surface area contributed by atoms with Crippen molar-refractivity contribution in [1.29, 1.82) is 0 Å². The van der Waals surface area contributed by atoms with Crippen LogP contribution in [-0.4, -0.2) is 20.6 Å². The number of nitrogens with zero attached hydrogens (tertiary/aromatic N) is 2. The molecule has 0 fully saturated rings. The van der Waals surface area contributed by atoms with Crippen molar-refractivity contribution in [3.63, 3.8) is 0 Å². The van der Waals surface area contributed by atoms with Crippen molar-refractivity contribution in [3.05, 3.63) is 30.1 Å². The van der Waals surface area contributed by atoms with Crippen LogP contribution in [0.4, 0.5) is 0 Å². The number of carbonyl (C=O) groups is 1. The Morgan fingerprint density at radius 2 is 2.31 bits per heavy atom. The van der Waals surface area contributed by atoms with Gasteiger partial charge in [0.1, 0.15) is 0 Å². The van der Waals surface area contributed by atoms with Crippen molar-refractivity contribution in [2.24, 2.45) is 7.05 Å². The summed E-state index contributed by atoms with van der Waals surface area (Å²) in [6.07, 6.45) is 1.91. The van der Waals surface area contributed by atoms with Crippen LogP contribution in [0.2, 0.25) is 0 Å². The van der Waals surface area contributed by atoms with Crippen LogP contribution in [0.5, 0.6) is 0 Å². The topological polar surface area (TPSA) is 55.1 Å². The van der Waals surface area contributed by atoms with E-state index in [1.54, 1.807) is 6.33 Å². The van der Waals surface area contributed by atoms with Crippen LogP contribution in [0, 0.1) is 0 Å². The van der Waals surface area contributed by atoms with Crippen LogP contribution in [0.1, 0.15) is 24.8 Å². The minimum atomic E-state index is -0.770. The number of imidazole rings is 1. The van der Waals surface area contributed by atoms with E-state index < -0.39 is 5.97 Å². The lowest BCUT2D eigenvalue weighted by Crippen LogP contribution is -2.02. The number of fused-ring (bicyclic) bond motifs is 1. The first-order chi connectivity index (χ1) is 7.58. The average molecular weight is 218 g/mol. The van der Waals surface area contributed by atoms with E-state index in [2.05, 4.69) is 4.98 Å². The van der Waals surface area contributed by atoms with Gasteiger partial charge >= 0.3 is 5.97 Å². The quantitative estimate of drug-likeness (QED) is 0.858. The van der Waals surface area contributed by atoms with Crippen molar-refractivity contribution < 1.29 is 9.90 Å².